The van der Waals surface area contributed by atoms with Gasteiger partial charge >= 0.3 is 0 Å². The number of nitrogens with zero attached hydrogens (tertiary/aromatic N) is 1. The molecule has 162 valence electrons. The molecule has 0 aliphatic carbocycles. The van der Waals surface area contributed by atoms with Gasteiger partial charge < -0.3 is 25.4 Å². The van der Waals surface area contributed by atoms with Crippen molar-refractivity contribution in [3.8, 4) is 0 Å². The SMILES string of the molecule is CNC(=O)[C@@H]1[C@H]2C(=O)N(CCCO)C(C(=O)Nc3ccccc3Cl)C23CC[C@@]1(C)O3. The molecule has 1 spiro atoms. The van der Waals surface area contributed by atoms with Gasteiger partial charge in [0.25, 0.3) is 0 Å². The number of hydrogen-bond acceptors (Lipinski definition) is 5. The lowest BCUT2D eigenvalue weighted by Gasteiger charge is -2.33. The molecule has 1 aromatic rings. The van der Waals surface area contributed by atoms with E-state index in [4.69, 9.17) is 16.3 Å². The highest BCUT2D eigenvalue weighted by Gasteiger charge is 2.77. The van der Waals surface area contributed by atoms with E-state index in [1.807, 2.05) is 6.92 Å². The van der Waals surface area contributed by atoms with Crippen LogP contribution < -0.4 is 10.6 Å². The van der Waals surface area contributed by atoms with Gasteiger partial charge in [0.1, 0.15) is 11.6 Å². The minimum atomic E-state index is -1.08. The molecular formula is C21H26ClN3O5. The zero-order valence-electron chi connectivity index (χ0n) is 17.0. The number of likely N-dealkylation sites (tertiary alicyclic amines) is 1. The van der Waals surface area contributed by atoms with Crippen molar-refractivity contribution < 1.29 is 24.2 Å². The number of ether oxygens (including phenoxy) is 1. The molecule has 9 heteroatoms. The van der Waals surface area contributed by atoms with Crippen molar-refractivity contribution in [1.29, 1.82) is 0 Å². The Morgan fingerprint density at radius 3 is 2.70 bits per heavy atom. The fourth-order valence-electron chi connectivity index (χ4n) is 5.53. The van der Waals surface area contributed by atoms with Crippen molar-refractivity contribution in [2.45, 2.75) is 43.4 Å². The predicted octanol–water partition coefficient (Wildman–Crippen LogP) is 1.17. The molecule has 3 amide bonds. The lowest BCUT2D eigenvalue weighted by Crippen LogP contribution is -2.53. The minimum Gasteiger partial charge on any atom is -0.396 e. The molecule has 30 heavy (non-hydrogen) atoms. The molecule has 3 heterocycles. The summed E-state index contributed by atoms with van der Waals surface area (Å²) in [7, 11) is 1.54. The minimum absolute atomic E-state index is 0.113. The summed E-state index contributed by atoms with van der Waals surface area (Å²) < 4.78 is 6.41. The number of anilines is 1. The predicted molar refractivity (Wildman–Crippen MR) is 110 cm³/mol. The maximum Gasteiger partial charge on any atom is 0.250 e. The van der Waals surface area contributed by atoms with E-state index in [1.54, 1.807) is 24.3 Å². The fourth-order valence-corrected chi connectivity index (χ4v) is 5.71. The molecule has 3 N–H and O–H groups in total. The number of hydrogen-bond donors (Lipinski definition) is 3. The van der Waals surface area contributed by atoms with E-state index in [2.05, 4.69) is 10.6 Å². The molecule has 0 saturated carbocycles. The molecule has 1 aromatic carbocycles. The smallest absolute Gasteiger partial charge is 0.250 e. The average Bonchev–Trinajstić information content (AvgIpc) is 3.28. The number of para-hydroxylation sites is 1. The molecule has 2 bridgehead atoms. The van der Waals surface area contributed by atoms with Crippen LogP contribution in [-0.2, 0) is 19.1 Å². The molecule has 3 fully saturated rings. The first-order chi connectivity index (χ1) is 14.3. The first-order valence-electron chi connectivity index (χ1n) is 10.2. The number of nitrogens with one attached hydrogen (secondary N) is 2. The highest BCUT2D eigenvalue weighted by molar-refractivity contribution is 6.33. The molecule has 2 unspecified atom stereocenters. The van der Waals surface area contributed by atoms with Crippen molar-refractivity contribution in [3.63, 3.8) is 0 Å². The number of aliphatic hydroxyl groups excluding tert-OH is 1. The molecular weight excluding hydrogens is 410 g/mol. The van der Waals surface area contributed by atoms with E-state index in [0.717, 1.165) is 0 Å². The van der Waals surface area contributed by atoms with Gasteiger partial charge in [0.2, 0.25) is 17.7 Å². The second kappa shape index (κ2) is 7.51. The molecule has 3 saturated heterocycles. The van der Waals surface area contributed by atoms with Crippen LogP contribution in [0, 0.1) is 11.8 Å². The van der Waals surface area contributed by atoms with Crippen LogP contribution in [0.1, 0.15) is 26.2 Å². The third kappa shape index (κ3) is 2.92. The molecule has 8 nitrogen and oxygen atoms in total. The Labute approximate surface area is 179 Å². The van der Waals surface area contributed by atoms with Crippen LogP contribution in [0.25, 0.3) is 0 Å². The van der Waals surface area contributed by atoms with Crippen LogP contribution in [0.15, 0.2) is 24.3 Å². The van der Waals surface area contributed by atoms with Gasteiger partial charge in [-0.25, -0.2) is 0 Å². The molecule has 3 aliphatic rings. The Balaban J connectivity index is 1.74. The summed E-state index contributed by atoms with van der Waals surface area (Å²) in [4.78, 5) is 41.1. The van der Waals surface area contributed by atoms with Crippen LogP contribution >= 0.6 is 11.6 Å². The van der Waals surface area contributed by atoms with Crippen LogP contribution in [-0.4, -0.2) is 65.2 Å². The summed E-state index contributed by atoms with van der Waals surface area (Å²) in [6.45, 7) is 1.93. The zero-order valence-corrected chi connectivity index (χ0v) is 17.7. The molecule has 3 aliphatic heterocycles. The van der Waals surface area contributed by atoms with Gasteiger partial charge in [0.15, 0.2) is 0 Å². The fraction of sp³-hybridized carbons (Fsp3) is 0.571. The number of benzene rings is 1. The van der Waals surface area contributed by atoms with Gasteiger partial charge in [-0.05, 0) is 38.3 Å². The Morgan fingerprint density at radius 1 is 1.30 bits per heavy atom. The maximum absolute atomic E-state index is 13.5. The Bertz CT molecular complexity index is 895. The van der Waals surface area contributed by atoms with E-state index in [9.17, 15) is 19.5 Å². The summed E-state index contributed by atoms with van der Waals surface area (Å²) in [6.07, 6.45) is 1.41. The van der Waals surface area contributed by atoms with E-state index >= 15 is 0 Å². The van der Waals surface area contributed by atoms with E-state index in [0.29, 0.717) is 30.0 Å². The van der Waals surface area contributed by atoms with E-state index < -0.39 is 35.0 Å². The first-order valence-corrected chi connectivity index (χ1v) is 10.6. The van der Waals surface area contributed by atoms with Crippen LogP contribution in [0.3, 0.4) is 0 Å². The third-order valence-corrected chi connectivity index (χ3v) is 7.07. The average molecular weight is 436 g/mol. The van der Waals surface area contributed by atoms with Gasteiger partial charge in [-0.3, -0.25) is 14.4 Å². The van der Waals surface area contributed by atoms with E-state index in [-0.39, 0.29) is 25.0 Å². The summed E-state index contributed by atoms with van der Waals surface area (Å²) in [5.74, 6) is -2.35. The van der Waals surface area contributed by atoms with E-state index in [1.165, 1.54) is 11.9 Å². The Kier molecular flexibility index (Phi) is 5.28. The number of carbonyl (C=O) groups is 3. The van der Waals surface area contributed by atoms with Crippen molar-refractivity contribution >= 4 is 35.0 Å². The normalized spacial score (nSPS) is 34.2. The van der Waals surface area contributed by atoms with Gasteiger partial charge in [-0.15, -0.1) is 0 Å². The van der Waals surface area contributed by atoms with Crippen molar-refractivity contribution in [1.82, 2.24) is 10.2 Å². The number of aliphatic hydroxyl groups is 1. The number of carbonyl (C=O) groups excluding carboxylic acids is 3. The summed E-state index contributed by atoms with van der Waals surface area (Å²) in [6, 6.07) is 5.96. The molecule has 4 rings (SSSR count). The standard InChI is InChI=1S/C21H26ClN3O5/c1-20-8-9-21(30-20)15(14(20)17(27)23-2)19(29)25(10-5-11-26)16(21)18(28)24-13-7-4-3-6-12(13)22/h3-4,6-7,14-16,26H,5,8-11H2,1-2H3,(H,23,27)(H,24,28)/t14-,15-,16?,20+,21?/m0/s1. The largest absolute Gasteiger partial charge is 0.396 e. The highest BCUT2D eigenvalue weighted by Crippen LogP contribution is 2.63. The lowest BCUT2D eigenvalue weighted by molar-refractivity contribution is -0.144. The monoisotopic (exact) mass is 435 g/mol. The molecule has 0 radical (unpaired) electrons. The maximum atomic E-state index is 13.5. The van der Waals surface area contributed by atoms with Crippen LogP contribution in [0.2, 0.25) is 5.02 Å². The number of rotatable bonds is 6. The summed E-state index contributed by atoms with van der Waals surface area (Å²) in [5.41, 5.74) is -1.43. The molecule has 5 atom stereocenters. The Morgan fingerprint density at radius 2 is 2.03 bits per heavy atom. The summed E-state index contributed by atoms with van der Waals surface area (Å²) >= 11 is 6.20. The van der Waals surface area contributed by atoms with Crippen molar-refractivity contribution in [2.24, 2.45) is 11.8 Å². The molecule has 0 aromatic heterocycles. The van der Waals surface area contributed by atoms with Gasteiger partial charge in [-0.1, -0.05) is 23.7 Å². The second-order valence-corrected chi connectivity index (χ2v) is 8.83. The van der Waals surface area contributed by atoms with Crippen LogP contribution in [0.4, 0.5) is 5.69 Å². The number of fused-ring (bicyclic) bond motifs is 1. The zero-order chi connectivity index (χ0) is 21.7. The van der Waals surface area contributed by atoms with Gasteiger partial charge in [-0.2, -0.15) is 0 Å². The Hall–Kier alpha value is -2.16. The number of halogens is 1. The highest BCUT2D eigenvalue weighted by atomic mass is 35.5. The van der Waals surface area contributed by atoms with Crippen molar-refractivity contribution in [3.05, 3.63) is 29.3 Å². The lowest BCUT2D eigenvalue weighted by atomic mass is 9.66. The van der Waals surface area contributed by atoms with Gasteiger partial charge in [0, 0.05) is 20.2 Å². The topological polar surface area (TPSA) is 108 Å². The number of amides is 3. The third-order valence-electron chi connectivity index (χ3n) is 6.74. The summed E-state index contributed by atoms with van der Waals surface area (Å²) in [5, 5.41) is 15.2. The van der Waals surface area contributed by atoms with Gasteiger partial charge in [0.05, 0.1) is 28.1 Å². The first kappa shape index (κ1) is 21.1. The second-order valence-electron chi connectivity index (χ2n) is 8.42. The van der Waals surface area contributed by atoms with Crippen molar-refractivity contribution in [2.75, 3.05) is 25.5 Å². The quantitative estimate of drug-likeness (QED) is 0.621. The van der Waals surface area contributed by atoms with Crippen LogP contribution in [0.5, 0.6) is 0 Å².